The van der Waals surface area contributed by atoms with Crippen LogP contribution in [0, 0.1) is 6.92 Å². The Labute approximate surface area is 135 Å². The minimum absolute atomic E-state index is 0.129. The number of benzene rings is 2. The van der Waals surface area contributed by atoms with Gasteiger partial charge in [0, 0.05) is 41.6 Å². The van der Waals surface area contributed by atoms with Crippen molar-refractivity contribution in [2.24, 2.45) is 7.05 Å². The zero-order valence-electron chi connectivity index (χ0n) is 13.3. The van der Waals surface area contributed by atoms with Crippen molar-refractivity contribution in [2.75, 3.05) is 0 Å². The van der Waals surface area contributed by atoms with Crippen LogP contribution in [0.4, 0.5) is 0 Å². The molecule has 4 rings (SSSR count). The molecule has 0 spiro atoms. The number of para-hydroxylation sites is 1. The first-order valence-electron chi connectivity index (χ1n) is 7.83. The first-order chi connectivity index (χ1) is 11.3. The van der Waals surface area contributed by atoms with Gasteiger partial charge in [0.05, 0.1) is 12.4 Å². The molecule has 0 aliphatic rings. The SMILES string of the molecule is Cc1c(C(c2ccccc2)n2ccnc2)c2ccccc2n1C. The lowest BCUT2D eigenvalue weighted by Crippen LogP contribution is -2.12. The van der Waals surface area contributed by atoms with Crippen molar-refractivity contribution in [1.29, 1.82) is 0 Å². The maximum absolute atomic E-state index is 4.27. The zero-order chi connectivity index (χ0) is 15.8. The second kappa shape index (κ2) is 5.43. The molecule has 0 bridgehead atoms. The fourth-order valence-corrected chi connectivity index (χ4v) is 3.44. The molecule has 0 amide bonds. The second-order valence-corrected chi connectivity index (χ2v) is 5.90. The third-order valence-electron chi connectivity index (χ3n) is 4.66. The van der Waals surface area contributed by atoms with Crippen LogP contribution >= 0.6 is 0 Å². The van der Waals surface area contributed by atoms with Gasteiger partial charge in [-0.05, 0) is 18.6 Å². The third-order valence-corrected chi connectivity index (χ3v) is 4.66. The number of nitrogens with zero attached hydrogens (tertiary/aromatic N) is 3. The lowest BCUT2D eigenvalue weighted by Gasteiger charge is -2.20. The Kier molecular flexibility index (Phi) is 3.27. The van der Waals surface area contributed by atoms with E-state index >= 15 is 0 Å². The van der Waals surface area contributed by atoms with Crippen molar-refractivity contribution in [2.45, 2.75) is 13.0 Å². The number of hydrogen-bond acceptors (Lipinski definition) is 1. The fourth-order valence-electron chi connectivity index (χ4n) is 3.44. The smallest absolute Gasteiger partial charge is 0.0954 e. The predicted molar refractivity (Wildman–Crippen MR) is 93.6 cm³/mol. The van der Waals surface area contributed by atoms with Crippen LogP contribution < -0.4 is 0 Å². The van der Waals surface area contributed by atoms with Crippen molar-refractivity contribution >= 4 is 10.9 Å². The second-order valence-electron chi connectivity index (χ2n) is 5.90. The van der Waals surface area contributed by atoms with Gasteiger partial charge in [0.1, 0.15) is 0 Å². The van der Waals surface area contributed by atoms with Crippen LogP contribution in [-0.2, 0) is 7.05 Å². The Morgan fingerprint density at radius 1 is 0.957 bits per heavy atom. The van der Waals surface area contributed by atoms with Crippen molar-refractivity contribution in [1.82, 2.24) is 14.1 Å². The molecule has 0 N–H and O–H groups in total. The fraction of sp³-hybridized carbons (Fsp3) is 0.150. The summed E-state index contributed by atoms with van der Waals surface area (Å²) in [5.41, 5.74) is 5.16. The van der Waals surface area contributed by atoms with Crippen LogP contribution in [0.2, 0.25) is 0 Å². The van der Waals surface area contributed by atoms with Gasteiger partial charge in [0.15, 0.2) is 0 Å². The van der Waals surface area contributed by atoms with Gasteiger partial charge in [0.25, 0.3) is 0 Å². The van der Waals surface area contributed by atoms with E-state index in [4.69, 9.17) is 0 Å². The number of imidazole rings is 1. The molecule has 0 saturated heterocycles. The van der Waals surface area contributed by atoms with E-state index in [1.54, 1.807) is 0 Å². The summed E-state index contributed by atoms with van der Waals surface area (Å²) in [7, 11) is 2.14. The molecule has 4 aromatic rings. The van der Waals surface area contributed by atoms with Crippen molar-refractivity contribution in [3.05, 3.63) is 90.1 Å². The molecule has 2 aromatic heterocycles. The van der Waals surface area contributed by atoms with Gasteiger partial charge < -0.3 is 9.13 Å². The highest BCUT2D eigenvalue weighted by Crippen LogP contribution is 2.35. The van der Waals surface area contributed by atoms with E-state index in [1.165, 1.54) is 27.7 Å². The van der Waals surface area contributed by atoms with Gasteiger partial charge in [-0.15, -0.1) is 0 Å². The van der Waals surface area contributed by atoms with Gasteiger partial charge in [-0.3, -0.25) is 0 Å². The molecule has 0 saturated carbocycles. The lowest BCUT2D eigenvalue weighted by molar-refractivity contribution is 0.672. The number of aromatic nitrogens is 3. The van der Waals surface area contributed by atoms with Gasteiger partial charge >= 0.3 is 0 Å². The molecule has 0 aliphatic carbocycles. The molecule has 1 atom stereocenters. The summed E-state index contributed by atoms with van der Waals surface area (Å²) >= 11 is 0. The Morgan fingerprint density at radius 2 is 1.70 bits per heavy atom. The highest BCUT2D eigenvalue weighted by atomic mass is 15.1. The summed E-state index contributed by atoms with van der Waals surface area (Å²) in [6.07, 6.45) is 5.79. The zero-order valence-corrected chi connectivity index (χ0v) is 13.3. The van der Waals surface area contributed by atoms with E-state index < -0.39 is 0 Å². The van der Waals surface area contributed by atoms with Gasteiger partial charge in [-0.25, -0.2) is 4.98 Å². The molecular weight excluding hydrogens is 282 g/mol. The average Bonchev–Trinajstić information content (AvgIpc) is 3.20. The molecule has 3 heteroatoms. The summed E-state index contributed by atoms with van der Waals surface area (Å²) in [4.78, 5) is 4.27. The van der Waals surface area contributed by atoms with E-state index in [9.17, 15) is 0 Å². The number of rotatable bonds is 3. The van der Waals surface area contributed by atoms with Crippen LogP contribution in [-0.4, -0.2) is 14.1 Å². The van der Waals surface area contributed by atoms with Crippen LogP contribution in [0.15, 0.2) is 73.3 Å². The van der Waals surface area contributed by atoms with E-state index in [0.29, 0.717) is 0 Å². The third kappa shape index (κ3) is 2.16. The lowest BCUT2D eigenvalue weighted by atomic mass is 9.96. The van der Waals surface area contributed by atoms with Crippen LogP contribution in [0.25, 0.3) is 10.9 Å². The quantitative estimate of drug-likeness (QED) is 0.552. The Balaban J connectivity index is 2.04. The van der Waals surface area contributed by atoms with Crippen molar-refractivity contribution in [3.8, 4) is 0 Å². The summed E-state index contributed by atoms with van der Waals surface area (Å²) in [6, 6.07) is 19.4. The summed E-state index contributed by atoms with van der Waals surface area (Å²) < 4.78 is 4.46. The Morgan fingerprint density at radius 3 is 2.43 bits per heavy atom. The van der Waals surface area contributed by atoms with E-state index in [-0.39, 0.29) is 6.04 Å². The standard InChI is InChI=1S/C20H19N3/c1-15-19(17-10-6-7-11-18(17)22(15)2)20(23-13-12-21-14-23)16-8-4-3-5-9-16/h3-14,20H,1-2H3. The van der Waals surface area contributed by atoms with Gasteiger partial charge in [-0.2, -0.15) is 0 Å². The van der Waals surface area contributed by atoms with E-state index in [0.717, 1.165) is 0 Å². The van der Waals surface area contributed by atoms with Crippen LogP contribution in [0.5, 0.6) is 0 Å². The van der Waals surface area contributed by atoms with Crippen molar-refractivity contribution in [3.63, 3.8) is 0 Å². The largest absolute Gasteiger partial charge is 0.348 e. The molecule has 0 aliphatic heterocycles. The maximum Gasteiger partial charge on any atom is 0.0954 e. The minimum atomic E-state index is 0.129. The van der Waals surface area contributed by atoms with Crippen LogP contribution in [0.1, 0.15) is 22.9 Å². The minimum Gasteiger partial charge on any atom is -0.348 e. The van der Waals surface area contributed by atoms with Gasteiger partial charge in [0.2, 0.25) is 0 Å². The van der Waals surface area contributed by atoms with Gasteiger partial charge in [-0.1, -0.05) is 48.5 Å². The predicted octanol–water partition coefficient (Wildman–Crippen LogP) is 4.32. The summed E-state index contributed by atoms with van der Waals surface area (Å²) in [5, 5.41) is 1.30. The highest BCUT2D eigenvalue weighted by molar-refractivity contribution is 5.86. The van der Waals surface area contributed by atoms with Crippen molar-refractivity contribution < 1.29 is 0 Å². The molecule has 2 heterocycles. The molecule has 1 unspecified atom stereocenters. The molecule has 0 fully saturated rings. The molecule has 3 nitrogen and oxygen atoms in total. The average molecular weight is 301 g/mol. The topological polar surface area (TPSA) is 22.8 Å². The maximum atomic E-state index is 4.27. The molecular formula is C20H19N3. The first kappa shape index (κ1) is 13.8. The van der Waals surface area contributed by atoms with E-state index in [1.807, 2.05) is 18.7 Å². The van der Waals surface area contributed by atoms with Crippen LogP contribution in [0.3, 0.4) is 0 Å². The Bertz CT molecular complexity index is 934. The monoisotopic (exact) mass is 301 g/mol. The Hall–Kier alpha value is -2.81. The van der Waals surface area contributed by atoms with E-state index in [2.05, 4.69) is 82.7 Å². The highest BCUT2D eigenvalue weighted by Gasteiger charge is 2.23. The summed E-state index contributed by atoms with van der Waals surface area (Å²) in [5.74, 6) is 0. The number of aryl methyl sites for hydroxylation is 1. The summed E-state index contributed by atoms with van der Waals surface area (Å²) in [6.45, 7) is 2.20. The normalized spacial score (nSPS) is 12.6. The molecule has 2 aromatic carbocycles. The molecule has 114 valence electrons. The number of hydrogen-bond donors (Lipinski definition) is 0. The number of fused-ring (bicyclic) bond motifs is 1. The molecule has 0 radical (unpaired) electrons. The molecule has 23 heavy (non-hydrogen) atoms. The first-order valence-corrected chi connectivity index (χ1v) is 7.83.